The summed E-state index contributed by atoms with van der Waals surface area (Å²) in [5, 5.41) is 2.35. The second-order valence-electron chi connectivity index (χ2n) is 7.67. The summed E-state index contributed by atoms with van der Waals surface area (Å²) in [5.41, 5.74) is 6.05. The smallest absolute Gasteiger partial charge is 0.00151 e. The van der Waals surface area contributed by atoms with Crippen molar-refractivity contribution < 1.29 is 0 Å². The highest BCUT2D eigenvalue weighted by molar-refractivity contribution is 8.02. The molecule has 1 fully saturated rings. The van der Waals surface area contributed by atoms with E-state index >= 15 is 0 Å². The minimum absolute atomic E-state index is 0.248. The SMILES string of the molecule is C=C(C)C(C)(Cc1cccc(C2=CSCC2)c1)C1CCCCC1. The van der Waals surface area contributed by atoms with Gasteiger partial charge < -0.3 is 0 Å². The van der Waals surface area contributed by atoms with Gasteiger partial charge in [0.05, 0.1) is 0 Å². The van der Waals surface area contributed by atoms with E-state index in [2.05, 4.69) is 50.1 Å². The first-order valence-corrected chi connectivity index (χ1v) is 10.2. The molecule has 1 heterocycles. The predicted octanol–water partition coefficient (Wildman–Crippen LogP) is 6.87. The topological polar surface area (TPSA) is 0 Å². The molecule has 0 spiro atoms. The Morgan fingerprint density at radius 1 is 1.26 bits per heavy atom. The molecule has 1 aliphatic heterocycles. The first-order valence-electron chi connectivity index (χ1n) is 9.15. The predicted molar refractivity (Wildman–Crippen MR) is 105 cm³/mol. The Balaban J connectivity index is 1.82. The summed E-state index contributed by atoms with van der Waals surface area (Å²) in [4.78, 5) is 0. The van der Waals surface area contributed by atoms with Gasteiger partial charge in [-0.2, -0.15) is 0 Å². The molecule has 0 N–H and O–H groups in total. The third kappa shape index (κ3) is 3.76. The van der Waals surface area contributed by atoms with Gasteiger partial charge in [0, 0.05) is 5.75 Å². The van der Waals surface area contributed by atoms with Crippen LogP contribution in [-0.2, 0) is 6.42 Å². The van der Waals surface area contributed by atoms with Crippen molar-refractivity contribution in [3.63, 3.8) is 0 Å². The largest absolute Gasteiger partial charge is 0.133 e. The molecule has 1 aliphatic carbocycles. The lowest BCUT2D eigenvalue weighted by molar-refractivity contribution is 0.176. The molecule has 1 aromatic rings. The number of allylic oxidation sites excluding steroid dienone is 2. The number of hydrogen-bond acceptors (Lipinski definition) is 1. The monoisotopic (exact) mass is 326 g/mol. The van der Waals surface area contributed by atoms with Crippen molar-refractivity contribution in [2.45, 2.75) is 58.8 Å². The van der Waals surface area contributed by atoms with Gasteiger partial charge in [-0.3, -0.25) is 0 Å². The average molecular weight is 327 g/mol. The van der Waals surface area contributed by atoms with Crippen LogP contribution in [0.2, 0.25) is 0 Å². The highest BCUT2D eigenvalue weighted by Crippen LogP contribution is 2.45. The van der Waals surface area contributed by atoms with E-state index in [4.69, 9.17) is 0 Å². The van der Waals surface area contributed by atoms with E-state index in [9.17, 15) is 0 Å². The normalized spacial score (nSPS) is 21.7. The molecule has 2 aliphatic rings. The Morgan fingerprint density at radius 3 is 2.70 bits per heavy atom. The fourth-order valence-electron chi connectivity index (χ4n) is 4.29. The molecule has 3 rings (SSSR count). The molecular weight excluding hydrogens is 296 g/mol. The van der Waals surface area contributed by atoms with Gasteiger partial charge in [0.15, 0.2) is 0 Å². The van der Waals surface area contributed by atoms with Gasteiger partial charge in [0.25, 0.3) is 0 Å². The zero-order valence-electron chi connectivity index (χ0n) is 14.7. The minimum Gasteiger partial charge on any atom is -0.133 e. The molecule has 0 amide bonds. The van der Waals surface area contributed by atoms with Crippen LogP contribution in [0, 0.1) is 11.3 Å². The summed E-state index contributed by atoms with van der Waals surface area (Å²) >= 11 is 1.95. The maximum absolute atomic E-state index is 4.38. The Kier molecular flexibility index (Phi) is 5.36. The average Bonchev–Trinajstić information content (AvgIpc) is 3.10. The van der Waals surface area contributed by atoms with Crippen molar-refractivity contribution in [1.29, 1.82) is 0 Å². The fourth-order valence-corrected chi connectivity index (χ4v) is 5.20. The molecule has 1 aromatic carbocycles. The Labute approximate surface area is 146 Å². The quantitative estimate of drug-likeness (QED) is 0.532. The highest BCUT2D eigenvalue weighted by atomic mass is 32.2. The molecule has 0 radical (unpaired) electrons. The zero-order chi connectivity index (χ0) is 16.3. The van der Waals surface area contributed by atoms with Crippen molar-refractivity contribution >= 4 is 17.3 Å². The van der Waals surface area contributed by atoms with Crippen LogP contribution in [0.1, 0.15) is 63.5 Å². The van der Waals surface area contributed by atoms with Gasteiger partial charge in [-0.1, -0.05) is 62.6 Å². The van der Waals surface area contributed by atoms with E-state index in [0.717, 1.165) is 12.3 Å². The molecule has 1 heteroatoms. The molecule has 0 saturated heterocycles. The summed E-state index contributed by atoms with van der Waals surface area (Å²) in [7, 11) is 0. The van der Waals surface area contributed by atoms with Crippen LogP contribution in [0.25, 0.3) is 5.57 Å². The molecule has 0 bridgehead atoms. The second kappa shape index (κ2) is 7.30. The Hall–Kier alpha value is -0.950. The summed E-state index contributed by atoms with van der Waals surface area (Å²) < 4.78 is 0. The number of hydrogen-bond donors (Lipinski definition) is 0. The molecule has 1 unspecified atom stereocenters. The van der Waals surface area contributed by atoms with Crippen molar-refractivity contribution in [1.82, 2.24) is 0 Å². The lowest BCUT2D eigenvalue weighted by Gasteiger charge is -2.41. The third-order valence-electron chi connectivity index (χ3n) is 6.07. The van der Waals surface area contributed by atoms with Crippen LogP contribution in [0.4, 0.5) is 0 Å². The standard InChI is InChI=1S/C22H30S/c1-17(2)22(3,21-10-5-4-6-11-21)15-18-8-7-9-19(14-18)20-12-13-23-16-20/h7-9,14,16,21H,1,4-6,10-13,15H2,2-3H3. The van der Waals surface area contributed by atoms with Gasteiger partial charge in [-0.25, -0.2) is 0 Å². The van der Waals surface area contributed by atoms with E-state index in [1.54, 1.807) is 0 Å². The molecule has 0 aromatic heterocycles. The molecule has 1 saturated carbocycles. The fraction of sp³-hybridized carbons (Fsp3) is 0.545. The maximum atomic E-state index is 4.38. The Bertz CT molecular complexity index is 592. The van der Waals surface area contributed by atoms with E-state index in [1.807, 2.05) is 11.8 Å². The Morgan fingerprint density at radius 2 is 2.04 bits per heavy atom. The van der Waals surface area contributed by atoms with Crippen LogP contribution in [0.3, 0.4) is 0 Å². The molecule has 0 nitrogen and oxygen atoms in total. The van der Waals surface area contributed by atoms with Crippen molar-refractivity contribution in [3.05, 3.63) is 53.0 Å². The van der Waals surface area contributed by atoms with Gasteiger partial charge in [0.2, 0.25) is 0 Å². The first kappa shape index (κ1) is 16.9. The van der Waals surface area contributed by atoms with Gasteiger partial charge in [-0.15, -0.1) is 11.8 Å². The van der Waals surface area contributed by atoms with Crippen molar-refractivity contribution in [2.24, 2.45) is 11.3 Å². The van der Waals surface area contributed by atoms with E-state index < -0.39 is 0 Å². The molecule has 1 atom stereocenters. The van der Waals surface area contributed by atoms with Gasteiger partial charge in [0.1, 0.15) is 0 Å². The zero-order valence-corrected chi connectivity index (χ0v) is 15.6. The van der Waals surface area contributed by atoms with Crippen LogP contribution < -0.4 is 0 Å². The number of benzene rings is 1. The van der Waals surface area contributed by atoms with E-state index in [1.165, 1.54) is 66.6 Å². The van der Waals surface area contributed by atoms with Crippen LogP contribution in [-0.4, -0.2) is 5.75 Å². The minimum atomic E-state index is 0.248. The van der Waals surface area contributed by atoms with Crippen LogP contribution in [0.15, 0.2) is 41.8 Å². The summed E-state index contributed by atoms with van der Waals surface area (Å²) in [6, 6.07) is 9.27. The second-order valence-corrected chi connectivity index (χ2v) is 8.65. The van der Waals surface area contributed by atoms with Crippen LogP contribution in [0.5, 0.6) is 0 Å². The first-order chi connectivity index (χ1) is 11.1. The lowest BCUT2D eigenvalue weighted by atomic mass is 9.64. The third-order valence-corrected chi connectivity index (χ3v) is 6.96. The molecule has 124 valence electrons. The van der Waals surface area contributed by atoms with E-state index in [0.29, 0.717) is 0 Å². The summed E-state index contributed by atoms with van der Waals surface area (Å²) in [5.74, 6) is 2.05. The maximum Gasteiger partial charge on any atom is 0.00151 e. The number of thioether (sulfide) groups is 1. The highest BCUT2D eigenvalue weighted by Gasteiger charge is 2.35. The van der Waals surface area contributed by atoms with Crippen molar-refractivity contribution in [3.8, 4) is 0 Å². The van der Waals surface area contributed by atoms with Gasteiger partial charge in [-0.05, 0) is 66.0 Å². The lowest BCUT2D eigenvalue weighted by Crippen LogP contribution is -2.32. The molecule has 23 heavy (non-hydrogen) atoms. The number of rotatable bonds is 5. The summed E-state index contributed by atoms with van der Waals surface area (Å²) in [6.07, 6.45) is 9.34. The molecular formula is C22H30S. The van der Waals surface area contributed by atoms with E-state index in [-0.39, 0.29) is 5.41 Å². The summed E-state index contributed by atoms with van der Waals surface area (Å²) in [6.45, 7) is 9.09. The van der Waals surface area contributed by atoms with Gasteiger partial charge >= 0.3 is 0 Å². The van der Waals surface area contributed by atoms with Crippen LogP contribution >= 0.6 is 11.8 Å². The van der Waals surface area contributed by atoms with Crippen molar-refractivity contribution in [2.75, 3.05) is 5.75 Å².